The molecule has 1 fully saturated rings. The van der Waals surface area contributed by atoms with E-state index in [-0.39, 0.29) is 35.7 Å². The Bertz CT molecular complexity index is 624. The Hall–Kier alpha value is -1.03. The van der Waals surface area contributed by atoms with Gasteiger partial charge in [-0.15, -0.1) is 24.0 Å². The Labute approximate surface area is 183 Å². The lowest BCUT2D eigenvalue weighted by atomic mass is 10.1. The van der Waals surface area contributed by atoms with Crippen LogP contribution in [0, 0.1) is 5.82 Å². The first kappa shape index (κ1) is 24.0. The van der Waals surface area contributed by atoms with Gasteiger partial charge in [-0.3, -0.25) is 4.79 Å². The van der Waals surface area contributed by atoms with Crippen LogP contribution in [0.3, 0.4) is 0 Å². The highest BCUT2D eigenvalue weighted by atomic mass is 127. The average molecular weight is 508 g/mol. The third-order valence-corrected chi connectivity index (χ3v) is 4.91. The van der Waals surface area contributed by atoms with E-state index >= 15 is 0 Å². The minimum atomic E-state index is -0.216. The molecule has 152 valence electrons. The first-order valence-electron chi connectivity index (χ1n) is 9.20. The summed E-state index contributed by atoms with van der Waals surface area (Å²) in [7, 11) is 0. The highest BCUT2D eigenvalue weighted by Gasteiger charge is 2.17. The fourth-order valence-corrected chi connectivity index (χ4v) is 3.54. The van der Waals surface area contributed by atoms with Gasteiger partial charge in [0.15, 0.2) is 5.96 Å². The van der Waals surface area contributed by atoms with Gasteiger partial charge in [0.2, 0.25) is 5.91 Å². The minimum absolute atomic E-state index is 0. The summed E-state index contributed by atoms with van der Waals surface area (Å²) in [6, 6.07) is 4.85. The number of rotatable bonds is 8. The Balaban J connectivity index is 0.00000364. The molecular formula is C19H30FIN4OS. The summed E-state index contributed by atoms with van der Waals surface area (Å²) >= 11 is 1.66. The van der Waals surface area contributed by atoms with Gasteiger partial charge in [0.05, 0.1) is 6.54 Å². The summed E-state index contributed by atoms with van der Waals surface area (Å²) in [6.07, 6.45) is 4.69. The van der Waals surface area contributed by atoms with Gasteiger partial charge in [-0.1, -0.05) is 6.07 Å². The summed E-state index contributed by atoms with van der Waals surface area (Å²) in [4.78, 5) is 18.6. The van der Waals surface area contributed by atoms with Gasteiger partial charge < -0.3 is 15.5 Å². The summed E-state index contributed by atoms with van der Waals surface area (Å²) in [5, 5.41) is 6.41. The lowest BCUT2D eigenvalue weighted by Crippen LogP contribution is -2.39. The molecule has 0 radical (unpaired) electrons. The number of halogens is 2. The molecule has 2 rings (SSSR count). The standard InChI is InChI=1S/C19H29FN4OS.HI/c1-3-21-19(22-9-8-18(25)24-10-4-5-11-24)23-13-15-6-7-17(20)12-16(15)14-26-2;/h6-7,12H,3-5,8-11,13-14H2,1-2H3,(H2,21,22,23);1H. The molecule has 0 saturated carbocycles. The molecule has 1 aromatic carbocycles. The van der Waals surface area contributed by atoms with Crippen molar-refractivity contribution in [2.24, 2.45) is 4.99 Å². The summed E-state index contributed by atoms with van der Waals surface area (Å²) in [6.45, 7) is 5.55. The first-order valence-corrected chi connectivity index (χ1v) is 10.6. The molecular weight excluding hydrogens is 478 g/mol. The number of nitrogens with one attached hydrogen (secondary N) is 2. The molecule has 1 heterocycles. The second kappa shape index (κ2) is 13.2. The zero-order chi connectivity index (χ0) is 18.8. The normalized spacial score (nSPS) is 14.0. The molecule has 0 atom stereocenters. The van der Waals surface area contributed by atoms with Crippen molar-refractivity contribution >= 4 is 47.6 Å². The van der Waals surface area contributed by atoms with E-state index in [0.29, 0.717) is 25.5 Å². The summed E-state index contributed by atoms with van der Waals surface area (Å²) in [5.41, 5.74) is 1.99. The highest BCUT2D eigenvalue weighted by molar-refractivity contribution is 14.0. The van der Waals surface area contributed by atoms with Crippen molar-refractivity contribution in [3.63, 3.8) is 0 Å². The first-order chi connectivity index (χ1) is 12.6. The smallest absolute Gasteiger partial charge is 0.224 e. The zero-order valence-electron chi connectivity index (χ0n) is 16.1. The van der Waals surface area contributed by atoms with Gasteiger partial charge in [-0.25, -0.2) is 9.38 Å². The third-order valence-electron chi connectivity index (χ3n) is 4.31. The van der Waals surface area contributed by atoms with E-state index in [1.807, 2.05) is 18.1 Å². The molecule has 0 bridgehead atoms. The fourth-order valence-electron chi connectivity index (χ4n) is 2.96. The van der Waals surface area contributed by atoms with E-state index in [4.69, 9.17) is 0 Å². The number of likely N-dealkylation sites (tertiary alicyclic amines) is 1. The number of guanidine groups is 1. The number of carbonyl (C=O) groups excluding carboxylic acids is 1. The van der Waals surface area contributed by atoms with E-state index in [1.165, 1.54) is 6.07 Å². The van der Waals surface area contributed by atoms with Crippen molar-refractivity contribution in [1.82, 2.24) is 15.5 Å². The predicted octanol–water partition coefficient (Wildman–Crippen LogP) is 3.37. The van der Waals surface area contributed by atoms with Gasteiger partial charge in [0.1, 0.15) is 5.82 Å². The molecule has 5 nitrogen and oxygen atoms in total. The lowest BCUT2D eigenvalue weighted by Gasteiger charge is -2.16. The quantitative estimate of drug-likeness (QED) is 0.321. The molecule has 0 spiro atoms. The molecule has 27 heavy (non-hydrogen) atoms. The Morgan fingerprint density at radius 3 is 2.67 bits per heavy atom. The molecule has 0 unspecified atom stereocenters. The van der Waals surface area contributed by atoms with Gasteiger partial charge in [-0.05, 0) is 49.3 Å². The van der Waals surface area contributed by atoms with Crippen LogP contribution >= 0.6 is 35.7 Å². The van der Waals surface area contributed by atoms with Crippen molar-refractivity contribution in [2.75, 3.05) is 32.4 Å². The summed E-state index contributed by atoms with van der Waals surface area (Å²) in [5.74, 6) is 1.43. The second-order valence-electron chi connectivity index (χ2n) is 6.31. The van der Waals surface area contributed by atoms with Crippen LogP contribution in [0.15, 0.2) is 23.2 Å². The van der Waals surface area contributed by atoms with Crippen LogP contribution in [-0.2, 0) is 17.1 Å². The molecule has 1 aliphatic rings. The SMILES string of the molecule is CCNC(=NCc1ccc(F)cc1CSC)NCCC(=O)N1CCCC1.I. The van der Waals surface area contributed by atoms with Crippen molar-refractivity contribution in [1.29, 1.82) is 0 Å². The van der Waals surface area contributed by atoms with Crippen LogP contribution in [0.5, 0.6) is 0 Å². The minimum Gasteiger partial charge on any atom is -0.357 e. The van der Waals surface area contributed by atoms with Crippen LogP contribution < -0.4 is 10.6 Å². The Kier molecular flexibility index (Phi) is 11.7. The van der Waals surface area contributed by atoms with Gasteiger partial charge in [0, 0.05) is 38.4 Å². The van der Waals surface area contributed by atoms with Gasteiger partial charge in [0.25, 0.3) is 0 Å². The van der Waals surface area contributed by atoms with Crippen LogP contribution in [0.1, 0.15) is 37.3 Å². The number of thioether (sulfide) groups is 1. The number of nitrogens with zero attached hydrogens (tertiary/aromatic N) is 2. The number of amides is 1. The Morgan fingerprint density at radius 1 is 1.26 bits per heavy atom. The molecule has 0 aromatic heterocycles. The van der Waals surface area contributed by atoms with Crippen LogP contribution in [0.2, 0.25) is 0 Å². The van der Waals surface area contributed by atoms with Gasteiger partial charge >= 0.3 is 0 Å². The van der Waals surface area contributed by atoms with Crippen molar-refractivity contribution in [3.8, 4) is 0 Å². The molecule has 1 aromatic rings. The van der Waals surface area contributed by atoms with E-state index in [0.717, 1.165) is 49.4 Å². The van der Waals surface area contributed by atoms with E-state index in [2.05, 4.69) is 15.6 Å². The van der Waals surface area contributed by atoms with E-state index in [9.17, 15) is 9.18 Å². The van der Waals surface area contributed by atoms with Crippen molar-refractivity contribution < 1.29 is 9.18 Å². The molecule has 2 N–H and O–H groups in total. The largest absolute Gasteiger partial charge is 0.357 e. The second-order valence-corrected chi connectivity index (χ2v) is 7.17. The fraction of sp³-hybridized carbons (Fsp3) is 0.579. The monoisotopic (exact) mass is 508 g/mol. The van der Waals surface area contributed by atoms with Crippen LogP contribution in [-0.4, -0.2) is 49.2 Å². The lowest BCUT2D eigenvalue weighted by molar-refractivity contribution is -0.129. The van der Waals surface area contributed by atoms with E-state index in [1.54, 1.807) is 23.9 Å². The van der Waals surface area contributed by atoms with Crippen molar-refractivity contribution in [2.45, 2.75) is 38.5 Å². The molecule has 0 aliphatic carbocycles. The van der Waals surface area contributed by atoms with E-state index < -0.39 is 0 Å². The maximum Gasteiger partial charge on any atom is 0.224 e. The maximum atomic E-state index is 13.5. The van der Waals surface area contributed by atoms with Crippen LogP contribution in [0.4, 0.5) is 4.39 Å². The van der Waals surface area contributed by atoms with Crippen LogP contribution in [0.25, 0.3) is 0 Å². The number of benzene rings is 1. The molecule has 1 aliphatic heterocycles. The van der Waals surface area contributed by atoms with Crippen molar-refractivity contribution in [3.05, 3.63) is 35.1 Å². The molecule has 1 saturated heterocycles. The topological polar surface area (TPSA) is 56.7 Å². The molecule has 1 amide bonds. The number of hydrogen-bond donors (Lipinski definition) is 2. The highest BCUT2D eigenvalue weighted by Crippen LogP contribution is 2.17. The average Bonchev–Trinajstić information content (AvgIpc) is 3.16. The third kappa shape index (κ3) is 8.25. The summed E-state index contributed by atoms with van der Waals surface area (Å²) < 4.78 is 13.5. The predicted molar refractivity (Wildman–Crippen MR) is 122 cm³/mol. The Morgan fingerprint density at radius 2 is 2.00 bits per heavy atom. The zero-order valence-corrected chi connectivity index (χ0v) is 19.2. The number of carbonyl (C=O) groups is 1. The molecule has 8 heteroatoms. The maximum absolute atomic E-state index is 13.5. The number of hydrogen-bond acceptors (Lipinski definition) is 3. The number of aliphatic imine (C=N–C) groups is 1. The van der Waals surface area contributed by atoms with Gasteiger partial charge in [-0.2, -0.15) is 11.8 Å².